The molecule has 1 atom stereocenters. The molecule has 28 heavy (non-hydrogen) atoms. The van der Waals surface area contributed by atoms with Gasteiger partial charge >= 0.3 is 11.9 Å². The maximum atomic E-state index is 11.9. The summed E-state index contributed by atoms with van der Waals surface area (Å²) in [4.78, 5) is 22.8. The van der Waals surface area contributed by atoms with Crippen LogP contribution in [0, 0.1) is 5.92 Å². The van der Waals surface area contributed by atoms with E-state index in [1.165, 1.54) is 63.9 Å². The third-order valence-corrected chi connectivity index (χ3v) is 4.92. The van der Waals surface area contributed by atoms with Gasteiger partial charge in [0.25, 0.3) is 0 Å². The quantitative estimate of drug-likeness (QED) is 0.139. The second kappa shape index (κ2) is 20.2. The number of hydrogen-bond donors (Lipinski definition) is 1. The minimum atomic E-state index is -0.946. The minimum absolute atomic E-state index is 0.144. The van der Waals surface area contributed by atoms with Gasteiger partial charge in [0.15, 0.2) is 0 Å². The Kier molecular flexibility index (Phi) is 19.0. The van der Waals surface area contributed by atoms with E-state index in [1.54, 1.807) is 0 Å². The summed E-state index contributed by atoms with van der Waals surface area (Å²) in [7, 11) is 0. The van der Waals surface area contributed by atoms with Crippen molar-refractivity contribution in [3.63, 3.8) is 0 Å². The zero-order valence-corrected chi connectivity index (χ0v) is 18.0. The molecule has 0 aliphatic carbocycles. The molecule has 0 aliphatic heterocycles. The Morgan fingerprint density at radius 1 is 0.893 bits per heavy atom. The van der Waals surface area contributed by atoms with Crippen LogP contribution in [-0.2, 0) is 14.3 Å². The summed E-state index contributed by atoms with van der Waals surface area (Å²) in [5.41, 5.74) is 0. The summed E-state index contributed by atoms with van der Waals surface area (Å²) in [6, 6.07) is 0. The van der Waals surface area contributed by atoms with E-state index in [4.69, 9.17) is 9.84 Å². The lowest BCUT2D eigenvalue weighted by atomic mass is 9.97. The first kappa shape index (κ1) is 26.4. The highest BCUT2D eigenvalue weighted by Gasteiger charge is 2.22. The molecule has 4 heteroatoms. The number of carbonyl (C=O) groups is 2. The van der Waals surface area contributed by atoms with Gasteiger partial charge in [-0.25, -0.2) is 0 Å². The highest BCUT2D eigenvalue weighted by atomic mass is 16.5. The molecule has 0 aromatic carbocycles. The Bertz CT molecular complexity index is 428. The molecule has 0 saturated carbocycles. The number of carboxylic acid groups (broad SMARTS) is 1. The monoisotopic (exact) mass is 394 g/mol. The molecule has 0 aromatic rings. The van der Waals surface area contributed by atoms with E-state index in [1.807, 2.05) is 0 Å². The molecular formula is C24H42O4. The number of rotatable bonds is 20. The first-order chi connectivity index (χ1) is 13.6. The first-order valence-corrected chi connectivity index (χ1v) is 11.3. The van der Waals surface area contributed by atoms with Crippen LogP contribution in [-0.4, -0.2) is 23.7 Å². The predicted molar refractivity (Wildman–Crippen MR) is 116 cm³/mol. The number of ether oxygens (including phenoxy) is 1. The van der Waals surface area contributed by atoms with Gasteiger partial charge in [-0.1, -0.05) is 95.9 Å². The SMILES string of the molecule is C=CCOC(=O)C(CCCCCCCCCCCCC/C=C/CC)CC(=O)O. The number of carboxylic acids is 1. The Labute approximate surface area is 172 Å². The molecule has 4 nitrogen and oxygen atoms in total. The van der Waals surface area contributed by atoms with Gasteiger partial charge in [-0.3, -0.25) is 9.59 Å². The molecule has 0 aromatic heterocycles. The van der Waals surface area contributed by atoms with E-state index in [0.717, 1.165) is 25.7 Å². The maximum absolute atomic E-state index is 11.9. The smallest absolute Gasteiger partial charge is 0.309 e. The normalized spacial score (nSPS) is 12.2. The summed E-state index contributed by atoms with van der Waals surface area (Å²) in [6.45, 7) is 5.82. The molecule has 0 radical (unpaired) electrons. The zero-order valence-electron chi connectivity index (χ0n) is 18.0. The molecular weight excluding hydrogens is 352 g/mol. The third-order valence-electron chi connectivity index (χ3n) is 4.92. The maximum Gasteiger partial charge on any atom is 0.309 e. The van der Waals surface area contributed by atoms with Crippen molar-refractivity contribution in [2.75, 3.05) is 6.61 Å². The molecule has 1 unspecified atom stereocenters. The van der Waals surface area contributed by atoms with Crippen LogP contribution in [0.4, 0.5) is 0 Å². The van der Waals surface area contributed by atoms with Crippen molar-refractivity contribution in [2.45, 2.75) is 103 Å². The van der Waals surface area contributed by atoms with Crippen molar-refractivity contribution in [2.24, 2.45) is 5.92 Å². The van der Waals surface area contributed by atoms with Crippen LogP contribution in [0.25, 0.3) is 0 Å². The molecule has 162 valence electrons. The number of unbranched alkanes of at least 4 members (excludes halogenated alkanes) is 11. The number of aliphatic carboxylic acids is 1. The van der Waals surface area contributed by atoms with Crippen LogP contribution in [0.5, 0.6) is 0 Å². The molecule has 0 rings (SSSR count). The fraction of sp³-hybridized carbons (Fsp3) is 0.750. The second-order valence-corrected chi connectivity index (χ2v) is 7.56. The zero-order chi connectivity index (χ0) is 20.9. The van der Waals surface area contributed by atoms with Crippen molar-refractivity contribution in [3.05, 3.63) is 24.8 Å². The van der Waals surface area contributed by atoms with Crippen LogP contribution >= 0.6 is 0 Å². The van der Waals surface area contributed by atoms with Crippen LogP contribution < -0.4 is 0 Å². The Morgan fingerprint density at radius 3 is 1.93 bits per heavy atom. The van der Waals surface area contributed by atoms with Crippen LogP contribution in [0.1, 0.15) is 103 Å². The largest absolute Gasteiger partial charge is 0.481 e. The average molecular weight is 395 g/mol. The van der Waals surface area contributed by atoms with Crippen molar-refractivity contribution < 1.29 is 19.4 Å². The standard InChI is InChI=1S/C24H42O4/c1-3-5-6-7-8-9-10-11-12-13-14-15-16-17-18-19-22(21-23(25)26)24(27)28-20-4-2/h4-6,22H,2-3,7-21H2,1H3,(H,25,26)/b6-5+. The van der Waals surface area contributed by atoms with Gasteiger partial charge in [-0.2, -0.15) is 0 Å². The summed E-state index contributed by atoms with van der Waals surface area (Å²) >= 11 is 0. The van der Waals surface area contributed by atoms with Crippen molar-refractivity contribution in [3.8, 4) is 0 Å². The lowest BCUT2D eigenvalue weighted by Gasteiger charge is -2.13. The molecule has 0 saturated heterocycles. The van der Waals surface area contributed by atoms with Crippen molar-refractivity contribution in [1.82, 2.24) is 0 Å². The average Bonchev–Trinajstić information content (AvgIpc) is 2.67. The molecule has 0 aliphatic rings. The van der Waals surface area contributed by atoms with E-state index in [-0.39, 0.29) is 13.0 Å². The first-order valence-electron chi connectivity index (χ1n) is 11.3. The number of carbonyl (C=O) groups excluding carboxylic acids is 1. The van der Waals surface area contributed by atoms with Crippen LogP contribution in [0.2, 0.25) is 0 Å². The predicted octanol–water partition coefficient (Wildman–Crippen LogP) is 6.84. The third kappa shape index (κ3) is 17.8. The molecule has 0 heterocycles. The fourth-order valence-corrected chi connectivity index (χ4v) is 3.30. The summed E-state index contributed by atoms with van der Waals surface area (Å²) in [6.07, 6.45) is 22.5. The fourth-order valence-electron chi connectivity index (χ4n) is 3.30. The van der Waals surface area contributed by atoms with E-state index < -0.39 is 17.9 Å². The van der Waals surface area contributed by atoms with Crippen molar-refractivity contribution in [1.29, 1.82) is 0 Å². The lowest BCUT2D eigenvalue weighted by Crippen LogP contribution is -2.21. The molecule has 1 N–H and O–H groups in total. The number of hydrogen-bond acceptors (Lipinski definition) is 3. The van der Waals surface area contributed by atoms with Gasteiger partial charge < -0.3 is 9.84 Å². The van der Waals surface area contributed by atoms with Crippen LogP contribution in [0.3, 0.4) is 0 Å². The summed E-state index contributed by atoms with van der Waals surface area (Å²) < 4.78 is 5.01. The number of allylic oxidation sites excluding steroid dienone is 2. The second-order valence-electron chi connectivity index (χ2n) is 7.56. The topological polar surface area (TPSA) is 63.6 Å². The van der Waals surface area contributed by atoms with Gasteiger partial charge in [-0.05, 0) is 25.7 Å². The van der Waals surface area contributed by atoms with E-state index >= 15 is 0 Å². The molecule has 0 spiro atoms. The summed E-state index contributed by atoms with van der Waals surface area (Å²) in [5, 5.41) is 8.95. The van der Waals surface area contributed by atoms with E-state index in [9.17, 15) is 9.59 Å². The van der Waals surface area contributed by atoms with Gasteiger partial charge in [0, 0.05) is 0 Å². The van der Waals surface area contributed by atoms with Gasteiger partial charge in [0.2, 0.25) is 0 Å². The number of esters is 1. The highest BCUT2D eigenvalue weighted by molar-refractivity contribution is 5.79. The van der Waals surface area contributed by atoms with Gasteiger partial charge in [-0.15, -0.1) is 0 Å². The molecule has 0 bridgehead atoms. The molecule has 0 fully saturated rings. The Balaban J connectivity index is 3.55. The van der Waals surface area contributed by atoms with Gasteiger partial charge in [0.05, 0.1) is 12.3 Å². The summed E-state index contributed by atoms with van der Waals surface area (Å²) in [5.74, 6) is -1.89. The van der Waals surface area contributed by atoms with E-state index in [2.05, 4.69) is 25.7 Å². The van der Waals surface area contributed by atoms with Crippen LogP contribution in [0.15, 0.2) is 24.8 Å². The van der Waals surface area contributed by atoms with Crippen molar-refractivity contribution >= 4 is 11.9 Å². The minimum Gasteiger partial charge on any atom is -0.481 e. The van der Waals surface area contributed by atoms with Gasteiger partial charge in [0.1, 0.15) is 6.61 Å². The lowest BCUT2D eigenvalue weighted by molar-refractivity contribution is -0.152. The highest BCUT2D eigenvalue weighted by Crippen LogP contribution is 2.18. The Morgan fingerprint density at radius 2 is 1.43 bits per heavy atom. The Hall–Kier alpha value is -1.58. The van der Waals surface area contributed by atoms with E-state index in [0.29, 0.717) is 6.42 Å². The molecule has 0 amide bonds.